The van der Waals surface area contributed by atoms with E-state index >= 15 is 0 Å². The molecule has 1 atom stereocenters. The van der Waals surface area contributed by atoms with Gasteiger partial charge in [0.2, 0.25) is 0 Å². The highest BCUT2D eigenvalue weighted by Gasteiger charge is 2.24. The van der Waals surface area contributed by atoms with Gasteiger partial charge in [-0.15, -0.1) is 0 Å². The largest absolute Gasteiger partial charge is 0.464 e. The molecular formula is C13H24O3. The average Bonchev–Trinajstić information content (AvgIpc) is 2.81. The first-order valence-corrected chi connectivity index (χ1v) is 6.63. The van der Waals surface area contributed by atoms with E-state index in [-0.39, 0.29) is 12.1 Å². The Labute approximate surface area is 98.5 Å². The highest BCUT2D eigenvalue weighted by atomic mass is 16.6. The lowest BCUT2D eigenvalue weighted by molar-refractivity contribution is -0.154. The normalized spacial score (nSPS) is 19.9. The van der Waals surface area contributed by atoms with Crippen molar-refractivity contribution in [1.29, 1.82) is 0 Å². The monoisotopic (exact) mass is 228 g/mol. The summed E-state index contributed by atoms with van der Waals surface area (Å²) in [6.45, 7) is 3.48. The van der Waals surface area contributed by atoms with Crippen molar-refractivity contribution in [2.45, 2.75) is 64.4 Å². The molecule has 1 unspecified atom stereocenters. The molecule has 0 N–H and O–H groups in total. The maximum atomic E-state index is 11.4. The smallest absolute Gasteiger partial charge is 0.335 e. The van der Waals surface area contributed by atoms with Crippen molar-refractivity contribution in [3.63, 3.8) is 0 Å². The molecule has 1 rings (SSSR count). The summed E-state index contributed by atoms with van der Waals surface area (Å²) in [6, 6.07) is 0. The Kier molecular flexibility index (Phi) is 7.23. The zero-order chi connectivity index (χ0) is 11.6. The summed E-state index contributed by atoms with van der Waals surface area (Å²) in [7, 11) is 0. The standard InChI is InChI=1S/C13H24O3/c1-2-3-4-5-6-7-10-16-13(14)12-9-8-11-15-12/h12H,2-11H2,1H3. The van der Waals surface area contributed by atoms with E-state index in [4.69, 9.17) is 9.47 Å². The summed E-state index contributed by atoms with van der Waals surface area (Å²) in [5.74, 6) is -0.161. The number of rotatable bonds is 8. The van der Waals surface area contributed by atoms with Gasteiger partial charge in [-0.25, -0.2) is 4.79 Å². The molecule has 3 heteroatoms. The Bertz CT molecular complexity index is 186. The fraction of sp³-hybridized carbons (Fsp3) is 0.923. The third-order valence-electron chi connectivity index (χ3n) is 2.93. The predicted molar refractivity (Wildman–Crippen MR) is 63.3 cm³/mol. The van der Waals surface area contributed by atoms with Crippen LogP contribution in [-0.2, 0) is 14.3 Å². The summed E-state index contributed by atoms with van der Waals surface area (Å²) in [5.41, 5.74) is 0. The molecule has 0 aliphatic carbocycles. The van der Waals surface area contributed by atoms with Crippen molar-refractivity contribution in [1.82, 2.24) is 0 Å². The minimum Gasteiger partial charge on any atom is -0.464 e. The fourth-order valence-electron chi connectivity index (χ4n) is 1.91. The molecule has 0 aromatic carbocycles. The molecule has 1 saturated heterocycles. The number of unbranched alkanes of at least 4 members (excludes halogenated alkanes) is 5. The number of ether oxygens (including phenoxy) is 2. The molecular weight excluding hydrogens is 204 g/mol. The van der Waals surface area contributed by atoms with Crippen LogP contribution in [0.3, 0.4) is 0 Å². The number of hydrogen-bond acceptors (Lipinski definition) is 3. The highest BCUT2D eigenvalue weighted by Crippen LogP contribution is 2.13. The topological polar surface area (TPSA) is 35.5 Å². The van der Waals surface area contributed by atoms with E-state index in [1.165, 1.54) is 32.1 Å². The van der Waals surface area contributed by atoms with Crippen molar-refractivity contribution in [2.24, 2.45) is 0 Å². The van der Waals surface area contributed by atoms with E-state index in [0.29, 0.717) is 13.2 Å². The lowest BCUT2D eigenvalue weighted by Gasteiger charge is -2.09. The molecule has 1 aliphatic rings. The van der Waals surface area contributed by atoms with Gasteiger partial charge in [0.1, 0.15) is 0 Å². The molecule has 0 aromatic rings. The quantitative estimate of drug-likeness (QED) is 0.473. The third-order valence-corrected chi connectivity index (χ3v) is 2.93. The van der Waals surface area contributed by atoms with Crippen molar-refractivity contribution in [3.8, 4) is 0 Å². The predicted octanol–water partition coefficient (Wildman–Crippen LogP) is 3.07. The van der Waals surface area contributed by atoms with Crippen LogP contribution in [0.15, 0.2) is 0 Å². The molecule has 0 bridgehead atoms. The van der Waals surface area contributed by atoms with E-state index in [1.807, 2.05) is 0 Å². The molecule has 0 radical (unpaired) electrons. The van der Waals surface area contributed by atoms with Crippen molar-refractivity contribution in [3.05, 3.63) is 0 Å². The molecule has 0 saturated carbocycles. The van der Waals surface area contributed by atoms with Gasteiger partial charge in [-0.3, -0.25) is 0 Å². The maximum Gasteiger partial charge on any atom is 0.335 e. The van der Waals surface area contributed by atoms with Gasteiger partial charge in [-0.2, -0.15) is 0 Å². The van der Waals surface area contributed by atoms with Crippen molar-refractivity contribution >= 4 is 5.97 Å². The zero-order valence-electron chi connectivity index (χ0n) is 10.4. The lowest BCUT2D eigenvalue weighted by atomic mass is 10.1. The third kappa shape index (κ3) is 5.50. The van der Waals surface area contributed by atoms with Gasteiger partial charge in [0.25, 0.3) is 0 Å². The van der Waals surface area contributed by atoms with Gasteiger partial charge >= 0.3 is 5.97 Å². The van der Waals surface area contributed by atoms with Gasteiger partial charge in [0, 0.05) is 6.61 Å². The lowest BCUT2D eigenvalue weighted by Crippen LogP contribution is -2.22. The van der Waals surface area contributed by atoms with Crippen molar-refractivity contribution < 1.29 is 14.3 Å². The number of carbonyl (C=O) groups is 1. The Morgan fingerprint density at radius 2 is 2.00 bits per heavy atom. The number of hydrogen-bond donors (Lipinski definition) is 0. The van der Waals surface area contributed by atoms with E-state index in [0.717, 1.165) is 19.3 Å². The summed E-state index contributed by atoms with van der Waals surface area (Å²) in [6.07, 6.45) is 8.83. The minimum absolute atomic E-state index is 0.161. The molecule has 0 spiro atoms. The van der Waals surface area contributed by atoms with Crippen LogP contribution in [0, 0.1) is 0 Å². The van der Waals surface area contributed by atoms with Crippen LogP contribution in [0.5, 0.6) is 0 Å². The highest BCUT2D eigenvalue weighted by molar-refractivity contribution is 5.74. The van der Waals surface area contributed by atoms with E-state index < -0.39 is 0 Å². The maximum absolute atomic E-state index is 11.4. The molecule has 1 fully saturated rings. The van der Waals surface area contributed by atoms with Gasteiger partial charge in [-0.05, 0) is 19.3 Å². The second-order valence-corrected chi connectivity index (χ2v) is 4.44. The molecule has 0 aromatic heterocycles. The van der Waals surface area contributed by atoms with Crippen LogP contribution in [0.2, 0.25) is 0 Å². The van der Waals surface area contributed by atoms with Crippen molar-refractivity contribution in [2.75, 3.05) is 13.2 Å². The first kappa shape index (κ1) is 13.5. The summed E-state index contributed by atoms with van der Waals surface area (Å²) < 4.78 is 10.4. The SMILES string of the molecule is CCCCCCCCOC(=O)C1CCCO1. The van der Waals surface area contributed by atoms with Crippen LogP contribution < -0.4 is 0 Å². The Morgan fingerprint density at radius 3 is 2.69 bits per heavy atom. The van der Waals surface area contributed by atoms with Crippen LogP contribution in [0.4, 0.5) is 0 Å². The second-order valence-electron chi connectivity index (χ2n) is 4.44. The van der Waals surface area contributed by atoms with E-state index in [2.05, 4.69) is 6.92 Å². The first-order chi connectivity index (χ1) is 7.84. The van der Waals surface area contributed by atoms with Crippen LogP contribution in [0.25, 0.3) is 0 Å². The zero-order valence-corrected chi connectivity index (χ0v) is 10.4. The van der Waals surface area contributed by atoms with E-state index in [1.54, 1.807) is 0 Å². The van der Waals surface area contributed by atoms with Gasteiger partial charge < -0.3 is 9.47 Å². The Morgan fingerprint density at radius 1 is 1.25 bits per heavy atom. The number of carbonyl (C=O) groups excluding carboxylic acids is 1. The fourth-order valence-corrected chi connectivity index (χ4v) is 1.91. The molecule has 1 heterocycles. The summed E-state index contributed by atoms with van der Waals surface area (Å²) in [4.78, 5) is 11.4. The summed E-state index contributed by atoms with van der Waals surface area (Å²) >= 11 is 0. The molecule has 0 amide bonds. The molecule has 94 valence electrons. The van der Waals surface area contributed by atoms with Gasteiger partial charge in [0.15, 0.2) is 6.10 Å². The van der Waals surface area contributed by atoms with Crippen LogP contribution in [-0.4, -0.2) is 25.3 Å². The Hall–Kier alpha value is -0.570. The average molecular weight is 228 g/mol. The van der Waals surface area contributed by atoms with Crippen LogP contribution >= 0.6 is 0 Å². The molecule has 1 aliphatic heterocycles. The first-order valence-electron chi connectivity index (χ1n) is 6.63. The van der Waals surface area contributed by atoms with Crippen LogP contribution in [0.1, 0.15) is 58.3 Å². The summed E-state index contributed by atoms with van der Waals surface area (Å²) in [5, 5.41) is 0. The van der Waals surface area contributed by atoms with E-state index in [9.17, 15) is 4.79 Å². The molecule has 16 heavy (non-hydrogen) atoms. The number of esters is 1. The Balaban J connectivity index is 1.88. The van der Waals surface area contributed by atoms with Gasteiger partial charge in [0.05, 0.1) is 6.61 Å². The minimum atomic E-state index is -0.278. The molecule has 3 nitrogen and oxygen atoms in total. The van der Waals surface area contributed by atoms with Gasteiger partial charge in [-0.1, -0.05) is 39.0 Å². The second kappa shape index (κ2) is 8.57.